The molecular formula is C14H14Cl2N2O5. The van der Waals surface area contributed by atoms with Crippen LogP contribution in [0.25, 0.3) is 0 Å². The SMILES string of the molecule is C[C@@H](Oc1ccc(Cl)cc1Cl)C(=O)OCC(=O)N1CCNC1=O. The van der Waals surface area contributed by atoms with E-state index in [4.69, 9.17) is 32.7 Å². The van der Waals surface area contributed by atoms with Crippen molar-refractivity contribution < 1.29 is 23.9 Å². The summed E-state index contributed by atoms with van der Waals surface area (Å²) in [5.74, 6) is -1.07. The van der Waals surface area contributed by atoms with Crippen molar-refractivity contribution >= 4 is 41.1 Å². The zero-order chi connectivity index (χ0) is 17.0. The number of benzene rings is 1. The number of nitrogens with one attached hydrogen (secondary N) is 1. The quantitative estimate of drug-likeness (QED) is 0.810. The highest BCUT2D eigenvalue weighted by atomic mass is 35.5. The van der Waals surface area contributed by atoms with Crippen LogP contribution in [0.1, 0.15) is 6.92 Å². The van der Waals surface area contributed by atoms with E-state index in [1.54, 1.807) is 6.07 Å². The number of carbonyl (C=O) groups excluding carboxylic acids is 3. The van der Waals surface area contributed by atoms with Crippen molar-refractivity contribution in [1.29, 1.82) is 0 Å². The maximum atomic E-state index is 11.8. The Morgan fingerprint density at radius 3 is 2.74 bits per heavy atom. The fraction of sp³-hybridized carbons (Fsp3) is 0.357. The van der Waals surface area contributed by atoms with Gasteiger partial charge in [-0.25, -0.2) is 9.59 Å². The van der Waals surface area contributed by atoms with E-state index >= 15 is 0 Å². The van der Waals surface area contributed by atoms with E-state index in [1.165, 1.54) is 19.1 Å². The molecule has 1 saturated heterocycles. The standard InChI is InChI=1S/C14H14Cl2N2O5/c1-8(23-11-3-2-9(15)6-10(11)16)13(20)22-7-12(19)18-5-4-17-14(18)21/h2-3,6,8H,4-5,7H2,1H3,(H,17,21)/t8-/m1/s1. The molecule has 124 valence electrons. The predicted molar refractivity (Wildman–Crippen MR) is 82.6 cm³/mol. The highest BCUT2D eigenvalue weighted by Crippen LogP contribution is 2.28. The summed E-state index contributed by atoms with van der Waals surface area (Å²) in [6, 6.07) is 4.07. The molecule has 1 aliphatic heterocycles. The fourth-order valence-electron chi connectivity index (χ4n) is 1.85. The van der Waals surface area contributed by atoms with Crippen molar-refractivity contribution in [3.63, 3.8) is 0 Å². The van der Waals surface area contributed by atoms with E-state index in [0.29, 0.717) is 11.6 Å². The molecule has 7 nitrogen and oxygen atoms in total. The Hall–Kier alpha value is -1.99. The number of nitrogens with zero attached hydrogens (tertiary/aromatic N) is 1. The summed E-state index contributed by atoms with van der Waals surface area (Å²) in [6.45, 7) is 1.56. The lowest BCUT2D eigenvalue weighted by molar-refractivity contribution is -0.156. The number of hydrogen-bond donors (Lipinski definition) is 1. The lowest BCUT2D eigenvalue weighted by atomic mass is 10.3. The van der Waals surface area contributed by atoms with Gasteiger partial charge in [-0.05, 0) is 25.1 Å². The maximum absolute atomic E-state index is 11.8. The molecule has 1 fully saturated rings. The van der Waals surface area contributed by atoms with Gasteiger partial charge in [-0.3, -0.25) is 9.69 Å². The first-order valence-corrected chi connectivity index (χ1v) is 7.50. The number of halogens is 2. The molecule has 0 radical (unpaired) electrons. The summed E-state index contributed by atoms with van der Waals surface area (Å²) >= 11 is 11.7. The molecule has 1 atom stereocenters. The van der Waals surface area contributed by atoms with Gasteiger partial charge in [0.1, 0.15) is 5.75 Å². The first-order chi connectivity index (χ1) is 10.9. The molecule has 1 N–H and O–H groups in total. The Morgan fingerprint density at radius 2 is 2.13 bits per heavy atom. The maximum Gasteiger partial charge on any atom is 0.347 e. The monoisotopic (exact) mass is 360 g/mol. The van der Waals surface area contributed by atoms with E-state index in [0.717, 1.165) is 4.90 Å². The topological polar surface area (TPSA) is 84.9 Å². The third-order valence-corrected chi connectivity index (χ3v) is 3.56. The zero-order valence-electron chi connectivity index (χ0n) is 12.2. The number of imide groups is 1. The highest BCUT2D eigenvalue weighted by molar-refractivity contribution is 6.35. The molecule has 0 unspecified atom stereocenters. The van der Waals surface area contributed by atoms with Crippen molar-refractivity contribution in [3.05, 3.63) is 28.2 Å². The number of carbonyl (C=O) groups is 3. The molecule has 1 aromatic rings. The predicted octanol–water partition coefficient (Wildman–Crippen LogP) is 1.86. The smallest absolute Gasteiger partial charge is 0.347 e. The minimum absolute atomic E-state index is 0.252. The largest absolute Gasteiger partial charge is 0.477 e. The van der Waals surface area contributed by atoms with Crippen LogP contribution in [-0.4, -0.2) is 48.6 Å². The molecule has 1 heterocycles. The molecule has 0 bridgehead atoms. The van der Waals surface area contributed by atoms with Gasteiger partial charge in [-0.15, -0.1) is 0 Å². The van der Waals surface area contributed by atoms with Crippen molar-refractivity contribution in [2.45, 2.75) is 13.0 Å². The molecule has 0 aromatic heterocycles. The van der Waals surface area contributed by atoms with E-state index in [2.05, 4.69) is 5.32 Å². The minimum Gasteiger partial charge on any atom is -0.477 e. The zero-order valence-corrected chi connectivity index (χ0v) is 13.7. The second-order valence-corrected chi connectivity index (χ2v) is 5.56. The number of rotatable bonds is 5. The summed E-state index contributed by atoms with van der Waals surface area (Å²) in [7, 11) is 0. The summed E-state index contributed by atoms with van der Waals surface area (Å²) in [6.07, 6.45) is -0.978. The highest BCUT2D eigenvalue weighted by Gasteiger charge is 2.27. The van der Waals surface area contributed by atoms with Gasteiger partial charge in [0.15, 0.2) is 12.7 Å². The Labute approximate surface area is 142 Å². The van der Waals surface area contributed by atoms with Crippen LogP contribution in [0.5, 0.6) is 5.75 Å². The number of ether oxygens (including phenoxy) is 2. The molecule has 0 aliphatic carbocycles. The van der Waals surface area contributed by atoms with Gasteiger partial charge in [0.05, 0.1) is 5.02 Å². The Morgan fingerprint density at radius 1 is 1.39 bits per heavy atom. The van der Waals surface area contributed by atoms with Crippen LogP contribution in [0, 0.1) is 0 Å². The Bertz CT molecular complexity index is 638. The summed E-state index contributed by atoms with van der Waals surface area (Å²) in [4.78, 5) is 35.9. The van der Waals surface area contributed by atoms with Crippen LogP contribution in [-0.2, 0) is 14.3 Å². The molecule has 3 amide bonds. The summed E-state index contributed by atoms with van der Waals surface area (Å²) in [5.41, 5.74) is 0. The molecule has 0 saturated carbocycles. The van der Waals surface area contributed by atoms with E-state index in [9.17, 15) is 14.4 Å². The van der Waals surface area contributed by atoms with Gasteiger partial charge < -0.3 is 14.8 Å². The van der Waals surface area contributed by atoms with Gasteiger partial charge in [-0.1, -0.05) is 23.2 Å². The fourth-order valence-corrected chi connectivity index (χ4v) is 2.30. The van der Waals surface area contributed by atoms with Crippen LogP contribution < -0.4 is 10.1 Å². The number of hydrogen-bond acceptors (Lipinski definition) is 5. The van der Waals surface area contributed by atoms with Crippen LogP contribution >= 0.6 is 23.2 Å². The van der Waals surface area contributed by atoms with Crippen molar-refractivity contribution in [2.24, 2.45) is 0 Å². The average Bonchev–Trinajstić information content (AvgIpc) is 2.93. The van der Waals surface area contributed by atoms with E-state index < -0.39 is 30.6 Å². The molecule has 9 heteroatoms. The minimum atomic E-state index is -0.978. The molecule has 2 rings (SSSR count). The van der Waals surface area contributed by atoms with Crippen molar-refractivity contribution in [1.82, 2.24) is 10.2 Å². The van der Waals surface area contributed by atoms with Crippen LogP contribution in [0.15, 0.2) is 18.2 Å². The van der Waals surface area contributed by atoms with Gasteiger partial charge in [0.25, 0.3) is 5.91 Å². The lowest BCUT2D eigenvalue weighted by Crippen LogP contribution is -2.38. The van der Waals surface area contributed by atoms with Crippen LogP contribution in [0.3, 0.4) is 0 Å². The molecular weight excluding hydrogens is 347 g/mol. The second-order valence-electron chi connectivity index (χ2n) is 4.72. The van der Waals surface area contributed by atoms with Gasteiger partial charge in [-0.2, -0.15) is 0 Å². The normalized spacial score (nSPS) is 15.1. The molecule has 1 aliphatic rings. The lowest BCUT2D eigenvalue weighted by Gasteiger charge is -2.16. The Kier molecular flexibility index (Phi) is 5.68. The third-order valence-electron chi connectivity index (χ3n) is 3.03. The van der Waals surface area contributed by atoms with Crippen molar-refractivity contribution in [2.75, 3.05) is 19.7 Å². The molecule has 0 spiro atoms. The third kappa shape index (κ3) is 4.49. The molecule has 23 heavy (non-hydrogen) atoms. The van der Waals surface area contributed by atoms with Crippen LogP contribution in [0.2, 0.25) is 10.0 Å². The van der Waals surface area contributed by atoms with Crippen LogP contribution in [0.4, 0.5) is 4.79 Å². The van der Waals surface area contributed by atoms with Gasteiger partial charge in [0.2, 0.25) is 0 Å². The van der Waals surface area contributed by atoms with Gasteiger partial charge in [0, 0.05) is 18.1 Å². The molecule has 1 aromatic carbocycles. The van der Waals surface area contributed by atoms with E-state index in [1.807, 2.05) is 0 Å². The number of urea groups is 1. The van der Waals surface area contributed by atoms with Gasteiger partial charge >= 0.3 is 12.0 Å². The number of amides is 3. The van der Waals surface area contributed by atoms with E-state index in [-0.39, 0.29) is 17.3 Å². The summed E-state index contributed by atoms with van der Waals surface area (Å²) in [5, 5.41) is 3.17. The summed E-state index contributed by atoms with van der Waals surface area (Å²) < 4.78 is 10.2. The van der Waals surface area contributed by atoms with Crippen molar-refractivity contribution in [3.8, 4) is 5.75 Å². The first-order valence-electron chi connectivity index (χ1n) is 6.75. The first kappa shape index (κ1) is 17.4. The Balaban J connectivity index is 1.85. The second kappa shape index (κ2) is 7.52. The average molecular weight is 361 g/mol. The number of esters is 1.